The van der Waals surface area contributed by atoms with Crippen LogP contribution in [0.4, 0.5) is 17.1 Å². The van der Waals surface area contributed by atoms with E-state index in [0.717, 1.165) is 21.6 Å². The second-order valence-electron chi connectivity index (χ2n) is 8.97. The number of hydrogen-bond donors (Lipinski definition) is 2. The Labute approximate surface area is 224 Å². The summed E-state index contributed by atoms with van der Waals surface area (Å²) in [7, 11) is 0. The molecule has 2 heterocycles. The summed E-state index contributed by atoms with van der Waals surface area (Å²) in [5.41, 5.74) is 5.19. The molecule has 0 unspecified atom stereocenters. The van der Waals surface area contributed by atoms with Crippen molar-refractivity contribution >= 4 is 46.5 Å². The summed E-state index contributed by atoms with van der Waals surface area (Å²) in [4.78, 5) is 41.7. The van der Waals surface area contributed by atoms with Crippen molar-refractivity contribution in [1.29, 1.82) is 0 Å². The Bertz CT molecular complexity index is 1560. The number of thioether (sulfide) groups is 1. The first-order valence-electron chi connectivity index (χ1n) is 12.0. The minimum Gasteiger partial charge on any atom is -0.459 e. The van der Waals surface area contributed by atoms with Crippen molar-refractivity contribution in [2.24, 2.45) is 0 Å². The fourth-order valence-electron chi connectivity index (χ4n) is 3.92. The van der Waals surface area contributed by atoms with E-state index in [4.69, 9.17) is 4.42 Å². The molecule has 2 N–H and O–H groups in total. The number of carbonyl (C=O) groups is 3. The Morgan fingerprint density at radius 3 is 2.18 bits per heavy atom. The molecule has 0 aliphatic carbocycles. The highest BCUT2D eigenvalue weighted by molar-refractivity contribution is 8.04. The number of amides is 3. The standard InChI is InChI=1S/C30H25N3O4S/c1-18-6-9-21(10-7-18)31-26-27(30(36)33(29(26)35)23-13-8-19(2)20(3)17-23)38-24-14-11-22(12-15-24)32-28(34)25-5-4-16-37-25/h4-17,31H,1-3H3,(H,32,34). The van der Waals surface area contributed by atoms with Gasteiger partial charge in [-0.25, -0.2) is 4.90 Å². The molecule has 38 heavy (non-hydrogen) atoms. The normalized spacial score (nSPS) is 13.3. The molecule has 190 valence electrons. The molecule has 0 radical (unpaired) electrons. The molecule has 7 nitrogen and oxygen atoms in total. The molecule has 1 aromatic heterocycles. The molecule has 0 bridgehead atoms. The van der Waals surface area contributed by atoms with Crippen LogP contribution in [0, 0.1) is 20.8 Å². The van der Waals surface area contributed by atoms with Crippen LogP contribution in [0.2, 0.25) is 0 Å². The van der Waals surface area contributed by atoms with E-state index in [9.17, 15) is 14.4 Å². The lowest BCUT2D eigenvalue weighted by Gasteiger charge is -2.16. The van der Waals surface area contributed by atoms with Crippen molar-refractivity contribution in [3.8, 4) is 0 Å². The van der Waals surface area contributed by atoms with Gasteiger partial charge >= 0.3 is 0 Å². The number of imide groups is 1. The third-order valence-corrected chi connectivity index (χ3v) is 7.28. The summed E-state index contributed by atoms with van der Waals surface area (Å²) in [5, 5.41) is 5.95. The van der Waals surface area contributed by atoms with Gasteiger partial charge in [0.15, 0.2) is 5.76 Å². The molecular formula is C30H25N3O4S. The van der Waals surface area contributed by atoms with E-state index in [1.807, 2.05) is 57.2 Å². The molecule has 5 rings (SSSR count). The summed E-state index contributed by atoms with van der Waals surface area (Å²) >= 11 is 1.20. The van der Waals surface area contributed by atoms with Gasteiger partial charge in [-0.05, 0) is 92.6 Å². The van der Waals surface area contributed by atoms with E-state index in [1.165, 1.54) is 22.9 Å². The fourth-order valence-corrected chi connectivity index (χ4v) is 4.85. The van der Waals surface area contributed by atoms with Crippen LogP contribution in [0.25, 0.3) is 0 Å². The smallest absolute Gasteiger partial charge is 0.291 e. The van der Waals surface area contributed by atoms with Gasteiger partial charge in [0.1, 0.15) is 10.6 Å². The summed E-state index contributed by atoms with van der Waals surface area (Å²) in [6, 6.07) is 23.4. The zero-order valence-electron chi connectivity index (χ0n) is 21.1. The minimum atomic E-state index is -0.413. The molecular weight excluding hydrogens is 498 g/mol. The first-order chi connectivity index (χ1) is 18.3. The minimum absolute atomic E-state index is 0.210. The maximum Gasteiger partial charge on any atom is 0.291 e. The number of nitrogens with zero attached hydrogens (tertiary/aromatic N) is 1. The zero-order chi connectivity index (χ0) is 26.8. The highest BCUT2D eigenvalue weighted by atomic mass is 32.2. The first kappa shape index (κ1) is 25.1. The van der Waals surface area contributed by atoms with Crippen LogP contribution in [-0.2, 0) is 9.59 Å². The van der Waals surface area contributed by atoms with Gasteiger partial charge in [-0.1, -0.05) is 35.5 Å². The van der Waals surface area contributed by atoms with E-state index < -0.39 is 11.8 Å². The van der Waals surface area contributed by atoms with Crippen LogP contribution < -0.4 is 15.5 Å². The van der Waals surface area contributed by atoms with E-state index >= 15 is 0 Å². The predicted molar refractivity (Wildman–Crippen MR) is 149 cm³/mol. The van der Waals surface area contributed by atoms with Crippen molar-refractivity contribution in [3.63, 3.8) is 0 Å². The van der Waals surface area contributed by atoms with E-state index in [-0.39, 0.29) is 17.4 Å². The van der Waals surface area contributed by atoms with Crippen LogP contribution in [0.3, 0.4) is 0 Å². The van der Waals surface area contributed by atoms with Gasteiger partial charge in [0.2, 0.25) is 0 Å². The van der Waals surface area contributed by atoms with Gasteiger partial charge in [-0.2, -0.15) is 0 Å². The summed E-state index contributed by atoms with van der Waals surface area (Å²) in [5.74, 6) is -0.957. The molecule has 1 aliphatic rings. The monoisotopic (exact) mass is 523 g/mol. The van der Waals surface area contributed by atoms with Gasteiger partial charge in [0.05, 0.1) is 12.0 Å². The highest BCUT2D eigenvalue weighted by Crippen LogP contribution is 2.38. The molecule has 0 fully saturated rings. The number of benzene rings is 3. The molecule has 3 amide bonds. The lowest BCUT2D eigenvalue weighted by atomic mass is 10.1. The topological polar surface area (TPSA) is 91.7 Å². The van der Waals surface area contributed by atoms with Crippen molar-refractivity contribution in [1.82, 2.24) is 0 Å². The third kappa shape index (κ3) is 5.12. The molecule has 4 aromatic rings. The number of anilines is 3. The molecule has 8 heteroatoms. The quantitative estimate of drug-likeness (QED) is 0.271. The second-order valence-corrected chi connectivity index (χ2v) is 10.1. The van der Waals surface area contributed by atoms with E-state index in [2.05, 4.69) is 10.6 Å². The van der Waals surface area contributed by atoms with E-state index in [1.54, 1.807) is 42.5 Å². The fraction of sp³-hybridized carbons (Fsp3) is 0.100. The number of rotatable bonds is 7. The molecule has 1 aliphatic heterocycles. The molecule has 0 saturated heterocycles. The number of hydrogen-bond acceptors (Lipinski definition) is 6. The maximum atomic E-state index is 13.6. The number of aryl methyl sites for hydroxylation is 3. The van der Waals surface area contributed by atoms with E-state index in [0.29, 0.717) is 22.0 Å². The Kier molecular flexibility index (Phi) is 6.89. The number of furan rings is 1. The van der Waals surface area contributed by atoms with Gasteiger partial charge < -0.3 is 15.1 Å². The number of carbonyl (C=O) groups excluding carboxylic acids is 3. The first-order valence-corrected chi connectivity index (χ1v) is 12.8. The van der Waals surface area contributed by atoms with Gasteiger partial charge in [0.25, 0.3) is 17.7 Å². The van der Waals surface area contributed by atoms with Crippen LogP contribution in [0.15, 0.2) is 105 Å². The third-order valence-electron chi connectivity index (χ3n) is 6.19. The van der Waals surface area contributed by atoms with Crippen LogP contribution >= 0.6 is 11.8 Å². The van der Waals surface area contributed by atoms with Gasteiger partial charge in [-0.15, -0.1) is 0 Å². The Balaban J connectivity index is 1.43. The van der Waals surface area contributed by atoms with Gasteiger partial charge in [0, 0.05) is 16.3 Å². The lowest BCUT2D eigenvalue weighted by Crippen LogP contribution is -2.32. The van der Waals surface area contributed by atoms with Crippen LogP contribution in [-0.4, -0.2) is 17.7 Å². The highest BCUT2D eigenvalue weighted by Gasteiger charge is 2.40. The molecule has 3 aromatic carbocycles. The predicted octanol–water partition coefficient (Wildman–Crippen LogP) is 6.45. The number of nitrogens with one attached hydrogen (secondary N) is 2. The van der Waals surface area contributed by atoms with Gasteiger partial charge in [-0.3, -0.25) is 14.4 Å². The maximum absolute atomic E-state index is 13.6. The van der Waals surface area contributed by atoms with Crippen LogP contribution in [0.5, 0.6) is 0 Å². The van der Waals surface area contributed by atoms with Crippen molar-refractivity contribution in [2.45, 2.75) is 25.7 Å². The summed E-state index contributed by atoms with van der Waals surface area (Å²) in [6.07, 6.45) is 1.44. The lowest BCUT2D eigenvalue weighted by molar-refractivity contribution is -0.120. The van der Waals surface area contributed by atoms with Crippen molar-refractivity contribution in [3.05, 3.63) is 118 Å². The molecule has 0 saturated carbocycles. The largest absolute Gasteiger partial charge is 0.459 e. The average molecular weight is 524 g/mol. The second kappa shape index (κ2) is 10.4. The zero-order valence-corrected chi connectivity index (χ0v) is 21.9. The summed E-state index contributed by atoms with van der Waals surface area (Å²) < 4.78 is 5.13. The van der Waals surface area contributed by atoms with Crippen molar-refractivity contribution in [2.75, 3.05) is 15.5 Å². The SMILES string of the molecule is Cc1ccc(NC2=C(Sc3ccc(NC(=O)c4ccco4)cc3)C(=O)N(c3ccc(C)c(C)c3)C2=O)cc1. The Hall–Kier alpha value is -4.56. The Morgan fingerprint density at radius 2 is 1.53 bits per heavy atom. The Morgan fingerprint density at radius 1 is 0.816 bits per heavy atom. The van der Waals surface area contributed by atoms with Crippen molar-refractivity contribution < 1.29 is 18.8 Å². The molecule has 0 spiro atoms. The molecule has 0 atom stereocenters. The van der Waals surface area contributed by atoms with Crippen LogP contribution in [0.1, 0.15) is 27.2 Å². The average Bonchev–Trinajstić information content (AvgIpc) is 3.52. The summed E-state index contributed by atoms with van der Waals surface area (Å²) in [6.45, 7) is 5.92.